The molecule has 2 aromatic rings. The van der Waals surface area contributed by atoms with Crippen molar-refractivity contribution in [3.8, 4) is 0 Å². The fourth-order valence-corrected chi connectivity index (χ4v) is 4.04. The number of amides is 1. The lowest BCUT2D eigenvalue weighted by Crippen LogP contribution is -2.27. The number of sulfonamides is 1. The molecule has 25 heavy (non-hydrogen) atoms. The lowest BCUT2D eigenvalue weighted by atomic mass is 10.0. The molecule has 2 aromatic carbocycles. The number of carbonyl (C=O) groups is 1. The largest absolute Gasteiger partial charge is 0.325 e. The first-order valence-electron chi connectivity index (χ1n) is 7.61. The predicted octanol–water partition coefficient (Wildman–Crippen LogP) is 3.06. The van der Waals surface area contributed by atoms with E-state index in [0.717, 1.165) is 6.07 Å². The van der Waals surface area contributed by atoms with Gasteiger partial charge in [-0.3, -0.25) is 4.79 Å². The van der Waals surface area contributed by atoms with E-state index in [1.807, 2.05) is 0 Å². The van der Waals surface area contributed by atoms with Gasteiger partial charge in [0.1, 0.15) is 11.6 Å². The third-order valence-corrected chi connectivity index (χ3v) is 5.75. The minimum absolute atomic E-state index is 0.0241. The zero-order valence-corrected chi connectivity index (χ0v) is 14.3. The van der Waals surface area contributed by atoms with Gasteiger partial charge in [0.25, 0.3) is 0 Å². The van der Waals surface area contributed by atoms with Crippen molar-refractivity contribution in [3.63, 3.8) is 0 Å². The topological polar surface area (TPSA) is 75.3 Å². The molecule has 0 bridgehead atoms. The average molecular weight is 366 g/mol. The van der Waals surface area contributed by atoms with Crippen molar-refractivity contribution in [2.24, 2.45) is 0 Å². The third-order valence-electron chi connectivity index (χ3n) is 4.21. The highest BCUT2D eigenvalue weighted by Gasteiger charge is 2.29. The number of nitrogens with one attached hydrogen (secondary N) is 2. The number of benzene rings is 2. The maximum atomic E-state index is 13.8. The van der Waals surface area contributed by atoms with E-state index in [4.69, 9.17) is 0 Å². The van der Waals surface area contributed by atoms with Gasteiger partial charge in [-0.05, 0) is 43.7 Å². The highest BCUT2D eigenvalue weighted by Crippen LogP contribution is 2.34. The number of rotatable bonds is 4. The lowest BCUT2D eigenvalue weighted by Gasteiger charge is -2.16. The van der Waals surface area contributed by atoms with E-state index in [-0.39, 0.29) is 16.4 Å². The Balaban J connectivity index is 1.89. The molecule has 0 fully saturated rings. The van der Waals surface area contributed by atoms with Gasteiger partial charge in [-0.1, -0.05) is 6.07 Å². The summed E-state index contributed by atoms with van der Waals surface area (Å²) in [4.78, 5) is 11.6. The minimum Gasteiger partial charge on any atom is -0.325 e. The van der Waals surface area contributed by atoms with E-state index in [9.17, 15) is 22.0 Å². The SMILES string of the molecule is C[C@@H](NS(=O)(=O)c1ccc2c(c1)[C@@H](C)C(=O)N2)c1ccc(F)cc1F. The van der Waals surface area contributed by atoms with Gasteiger partial charge in [-0.2, -0.15) is 0 Å². The Bertz CT molecular complexity index is 960. The van der Waals surface area contributed by atoms with Crippen LogP contribution in [-0.2, 0) is 14.8 Å². The number of fused-ring (bicyclic) bond motifs is 1. The van der Waals surface area contributed by atoms with Gasteiger partial charge in [-0.25, -0.2) is 21.9 Å². The second-order valence-corrected chi connectivity index (χ2v) is 7.68. The van der Waals surface area contributed by atoms with Crippen LogP contribution in [0, 0.1) is 11.6 Å². The van der Waals surface area contributed by atoms with Gasteiger partial charge in [0.2, 0.25) is 15.9 Å². The molecule has 2 N–H and O–H groups in total. The molecule has 0 saturated carbocycles. The Labute approximate surface area is 144 Å². The van der Waals surface area contributed by atoms with Crippen molar-refractivity contribution in [2.45, 2.75) is 30.7 Å². The number of hydrogen-bond acceptors (Lipinski definition) is 3. The molecule has 0 unspecified atom stereocenters. The molecule has 0 aliphatic carbocycles. The summed E-state index contributed by atoms with van der Waals surface area (Å²) in [5.41, 5.74) is 1.21. The molecule has 132 valence electrons. The smallest absolute Gasteiger partial charge is 0.241 e. The normalized spacial score (nSPS) is 17.9. The van der Waals surface area contributed by atoms with E-state index in [0.29, 0.717) is 17.3 Å². The Kier molecular flexibility index (Phi) is 4.34. The summed E-state index contributed by atoms with van der Waals surface area (Å²) in [6.07, 6.45) is 0. The van der Waals surface area contributed by atoms with Gasteiger partial charge in [0, 0.05) is 23.4 Å². The zero-order valence-electron chi connectivity index (χ0n) is 13.5. The molecule has 5 nitrogen and oxygen atoms in total. The number of hydrogen-bond donors (Lipinski definition) is 2. The number of halogens is 2. The Morgan fingerprint density at radius 1 is 1.16 bits per heavy atom. The molecule has 3 rings (SSSR count). The first-order chi connectivity index (χ1) is 11.7. The van der Waals surface area contributed by atoms with Crippen LogP contribution in [0.15, 0.2) is 41.3 Å². The van der Waals surface area contributed by atoms with E-state index < -0.39 is 33.6 Å². The molecular weight excluding hydrogens is 350 g/mol. The van der Waals surface area contributed by atoms with E-state index in [1.54, 1.807) is 6.92 Å². The van der Waals surface area contributed by atoms with Crippen molar-refractivity contribution in [3.05, 3.63) is 59.2 Å². The lowest BCUT2D eigenvalue weighted by molar-refractivity contribution is -0.116. The van der Waals surface area contributed by atoms with Crippen LogP contribution in [0.2, 0.25) is 0 Å². The van der Waals surface area contributed by atoms with Crippen molar-refractivity contribution in [1.29, 1.82) is 0 Å². The van der Waals surface area contributed by atoms with Gasteiger partial charge in [0.15, 0.2) is 0 Å². The summed E-state index contributed by atoms with van der Waals surface area (Å²) >= 11 is 0. The standard InChI is InChI=1S/C17H16F2N2O3S/c1-9-14-8-12(4-6-16(14)20-17(9)22)25(23,24)21-10(2)13-5-3-11(18)7-15(13)19/h3-10,21H,1-2H3,(H,20,22)/t9-,10-/m1/s1. The van der Waals surface area contributed by atoms with Crippen LogP contribution in [0.4, 0.5) is 14.5 Å². The van der Waals surface area contributed by atoms with Crippen LogP contribution < -0.4 is 10.0 Å². The second-order valence-electron chi connectivity index (χ2n) is 5.97. The summed E-state index contributed by atoms with van der Waals surface area (Å²) in [6, 6.07) is 6.39. The van der Waals surface area contributed by atoms with Crippen LogP contribution in [0.1, 0.15) is 36.9 Å². The number of carbonyl (C=O) groups excluding carboxylic acids is 1. The molecule has 2 atom stereocenters. The maximum absolute atomic E-state index is 13.8. The summed E-state index contributed by atoms with van der Waals surface area (Å²) in [5, 5.41) is 2.67. The van der Waals surface area contributed by atoms with Crippen LogP contribution in [0.3, 0.4) is 0 Å². The van der Waals surface area contributed by atoms with Gasteiger partial charge >= 0.3 is 0 Å². The highest BCUT2D eigenvalue weighted by molar-refractivity contribution is 7.89. The van der Waals surface area contributed by atoms with E-state index in [1.165, 1.54) is 31.2 Å². The van der Waals surface area contributed by atoms with Gasteiger partial charge < -0.3 is 5.32 Å². The van der Waals surface area contributed by atoms with Crippen molar-refractivity contribution in [2.75, 3.05) is 5.32 Å². The molecule has 1 aliphatic rings. The van der Waals surface area contributed by atoms with Crippen molar-refractivity contribution in [1.82, 2.24) is 4.72 Å². The average Bonchev–Trinajstić information content (AvgIpc) is 2.81. The minimum atomic E-state index is -3.95. The Morgan fingerprint density at radius 3 is 2.56 bits per heavy atom. The van der Waals surface area contributed by atoms with Crippen LogP contribution >= 0.6 is 0 Å². The van der Waals surface area contributed by atoms with Gasteiger partial charge in [-0.15, -0.1) is 0 Å². The fraction of sp³-hybridized carbons (Fsp3) is 0.235. The molecule has 0 radical (unpaired) electrons. The van der Waals surface area contributed by atoms with Crippen molar-refractivity contribution >= 4 is 21.6 Å². The highest BCUT2D eigenvalue weighted by atomic mass is 32.2. The molecule has 1 heterocycles. The first-order valence-corrected chi connectivity index (χ1v) is 9.09. The number of anilines is 1. The van der Waals surface area contributed by atoms with Gasteiger partial charge in [0.05, 0.1) is 10.8 Å². The Morgan fingerprint density at radius 2 is 1.88 bits per heavy atom. The third kappa shape index (κ3) is 3.27. The summed E-state index contributed by atoms with van der Waals surface area (Å²) < 4.78 is 54.3. The molecule has 8 heteroatoms. The summed E-state index contributed by atoms with van der Waals surface area (Å²) in [7, 11) is -3.95. The molecule has 0 aromatic heterocycles. The van der Waals surface area contributed by atoms with E-state index in [2.05, 4.69) is 10.0 Å². The quantitative estimate of drug-likeness (QED) is 0.873. The predicted molar refractivity (Wildman–Crippen MR) is 88.6 cm³/mol. The maximum Gasteiger partial charge on any atom is 0.241 e. The molecule has 0 saturated heterocycles. The first kappa shape index (κ1) is 17.5. The summed E-state index contributed by atoms with van der Waals surface area (Å²) in [5.74, 6) is -2.20. The monoisotopic (exact) mass is 366 g/mol. The fourth-order valence-electron chi connectivity index (χ4n) is 2.78. The van der Waals surface area contributed by atoms with Crippen LogP contribution in [0.5, 0.6) is 0 Å². The molecular formula is C17H16F2N2O3S. The Hall–Kier alpha value is -2.32. The van der Waals surface area contributed by atoms with E-state index >= 15 is 0 Å². The molecule has 1 amide bonds. The molecule has 1 aliphatic heterocycles. The molecule has 0 spiro atoms. The summed E-state index contributed by atoms with van der Waals surface area (Å²) in [6.45, 7) is 3.15. The van der Waals surface area contributed by atoms with Crippen LogP contribution in [0.25, 0.3) is 0 Å². The van der Waals surface area contributed by atoms with Crippen LogP contribution in [-0.4, -0.2) is 14.3 Å². The second kappa shape index (κ2) is 6.20. The zero-order chi connectivity index (χ0) is 18.4. The van der Waals surface area contributed by atoms with Crippen molar-refractivity contribution < 1.29 is 22.0 Å².